The molecule has 0 aliphatic rings. The van der Waals surface area contributed by atoms with Crippen molar-refractivity contribution in [1.29, 1.82) is 0 Å². The second-order valence-corrected chi connectivity index (χ2v) is 5.89. The molecular weight excluding hydrogens is 280 g/mol. The zero-order valence-corrected chi connectivity index (χ0v) is 13.9. The maximum Gasteiger partial charge on any atom is 0.319 e. The second-order valence-electron chi connectivity index (χ2n) is 5.89. The lowest BCUT2D eigenvalue weighted by molar-refractivity contribution is 0.163. The minimum atomic E-state index is -0.349. The van der Waals surface area contributed by atoms with Crippen molar-refractivity contribution in [1.82, 2.24) is 5.32 Å². The molecule has 0 radical (unpaired) electrons. The van der Waals surface area contributed by atoms with Crippen LogP contribution in [0.4, 0.5) is 10.5 Å². The second kappa shape index (κ2) is 9.30. The summed E-state index contributed by atoms with van der Waals surface area (Å²) < 4.78 is 5.69. The molecule has 1 rings (SSSR count). The summed E-state index contributed by atoms with van der Waals surface area (Å²) in [4.78, 5) is 11.8. The first-order chi connectivity index (χ1) is 10.4. The molecule has 0 aliphatic heterocycles. The van der Waals surface area contributed by atoms with Gasteiger partial charge in [-0.2, -0.15) is 0 Å². The van der Waals surface area contributed by atoms with Crippen LogP contribution in [0.25, 0.3) is 0 Å². The molecule has 0 saturated carbocycles. The molecule has 1 aromatic rings. The summed E-state index contributed by atoms with van der Waals surface area (Å²) in [5.41, 5.74) is 0.720. The molecule has 1 aromatic carbocycles. The summed E-state index contributed by atoms with van der Waals surface area (Å²) in [5, 5.41) is 14.9. The lowest BCUT2D eigenvalue weighted by Gasteiger charge is -2.15. The summed E-state index contributed by atoms with van der Waals surface area (Å²) >= 11 is 0. The van der Waals surface area contributed by atoms with Gasteiger partial charge in [0.05, 0.1) is 12.2 Å². The molecule has 5 heteroatoms. The van der Waals surface area contributed by atoms with E-state index in [1.54, 1.807) is 6.92 Å². The van der Waals surface area contributed by atoms with Crippen molar-refractivity contribution in [3.8, 4) is 5.75 Å². The number of ether oxygens (including phenoxy) is 1. The Bertz CT molecular complexity index is 446. The molecule has 3 unspecified atom stereocenters. The summed E-state index contributed by atoms with van der Waals surface area (Å²) in [7, 11) is 0. The van der Waals surface area contributed by atoms with Crippen LogP contribution in [0.5, 0.6) is 5.75 Å². The molecule has 22 heavy (non-hydrogen) atoms. The van der Waals surface area contributed by atoms with Gasteiger partial charge in [-0.25, -0.2) is 4.79 Å². The molecule has 0 heterocycles. The van der Waals surface area contributed by atoms with Gasteiger partial charge in [0.1, 0.15) is 5.75 Å². The highest BCUT2D eigenvalue weighted by molar-refractivity contribution is 5.89. The van der Waals surface area contributed by atoms with E-state index >= 15 is 0 Å². The van der Waals surface area contributed by atoms with Gasteiger partial charge in [-0.1, -0.05) is 13.8 Å². The van der Waals surface area contributed by atoms with E-state index in [1.165, 1.54) is 0 Å². The first kappa shape index (κ1) is 18.3. The predicted molar refractivity (Wildman–Crippen MR) is 89.3 cm³/mol. The SMILES string of the molecule is CCC(C)Oc1ccc(NC(=O)NCC(C)CC(C)O)cc1. The number of urea groups is 1. The molecule has 5 nitrogen and oxygen atoms in total. The number of hydrogen-bond donors (Lipinski definition) is 3. The van der Waals surface area contributed by atoms with E-state index in [1.807, 2.05) is 38.1 Å². The Morgan fingerprint density at radius 2 is 1.86 bits per heavy atom. The minimum Gasteiger partial charge on any atom is -0.491 e. The fourth-order valence-corrected chi connectivity index (χ4v) is 2.04. The molecule has 0 aliphatic carbocycles. The number of hydrogen-bond acceptors (Lipinski definition) is 3. The monoisotopic (exact) mass is 308 g/mol. The third-order valence-corrected chi connectivity index (χ3v) is 3.38. The number of aliphatic hydroxyl groups excluding tert-OH is 1. The van der Waals surface area contributed by atoms with Gasteiger partial charge in [-0.05, 0) is 56.9 Å². The van der Waals surface area contributed by atoms with Gasteiger partial charge in [0.2, 0.25) is 0 Å². The standard InChI is InChI=1S/C17H28N2O3/c1-5-14(4)22-16-8-6-15(7-9-16)19-17(21)18-11-12(2)10-13(3)20/h6-9,12-14,20H,5,10-11H2,1-4H3,(H2,18,19,21). The van der Waals surface area contributed by atoms with Crippen molar-refractivity contribution in [2.45, 2.75) is 52.7 Å². The van der Waals surface area contributed by atoms with Crippen molar-refractivity contribution < 1.29 is 14.6 Å². The lowest BCUT2D eigenvalue weighted by Crippen LogP contribution is -2.33. The fourth-order valence-electron chi connectivity index (χ4n) is 2.04. The topological polar surface area (TPSA) is 70.6 Å². The van der Waals surface area contributed by atoms with Gasteiger partial charge in [-0.15, -0.1) is 0 Å². The first-order valence-corrected chi connectivity index (χ1v) is 7.90. The molecule has 0 fully saturated rings. The molecule has 0 saturated heterocycles. The summed E-state index contributed by atoms with van der Waals surface area (Å²) in [6, 6.07) is 7.08. The van der Waals surface area contributed by atoms with Crippen LogP contribution in [0.1, 0.15) is 40.5 Å². The Labute approximate surface area is 133 Å². The van der Waals surface area contributed by atoms with E-state index in [4.69, 9.17) is 4.74 Å². The van der Waals surface area contributed by atoms with Crippen molar-refractivity contribution in [2.75, 3.05) is 11.9 Å². The van der Waals surface area contributed by atoms with Crippen LogP contribution in [0.2, 0.25) is 0 Å². The number of rotatable bonds is 8. The smallest absolute Gasteiger partial charge is 0.319 e. The third kappa shape index (κ3) is 7.31. The van der Waals surface area contributed by atoms with Crippen LogP contribution in [0.15, 0.2) is 24.3 Å². The first-order valence-electron chi connectivity index (χ1n) is 7.90. The van der Waals surface area contributed by atoms with Gasteiger partial charge in [0.25, 0.3) is 0 Å². The van der Waals surface area contributed by atoms with E-state index in [2.05, 4.69) is 17.6 Å². The third-order valence-electron chi connectivity index (χ3n) is 3.38. The van der Waals surface area contributed by atoms with Crippen LogP contribution < -0.4 is 15.4 Å². The highest BCUT2D eigenvalue weighted by Gasteiger charge is 2.08. The van der Waals surface area contributed by atoms with E-state index in [0.717, 1.165) is 17.9 Å². The number of nitrogens with one attached hydrogen (secondary N) is 2. The van der Waals surface area contributed by atoms with Gasteiger partial charge in [0.15, 0.2) is 0 Å². The van der Waals surface area contributed by atoms with Crippen LogP contribution in [-0.4, -0.2) is 29.9 Å². The number of amides is 2. The summed E-state index contributed by atoms with van der Waals surface area (Å²) in [5.74, 6) is 1.03. The van der Waals surface area contributed by atoms with Gasteiger partial charge < -0.3 is 20.5 Å². The van der Waals surface area contributed by atoms with Crippen LogP contribution >= 0.6 is 0 Å². The fraction of sp³-hybridized carbons (Fsp3) is 0.588. The van der Waals surface area contributed by atoms with Gasteiger partial charge in [0, 0.05) is 12.2 Å². The Kier molecular flexibility index (Phi) is 7.74. The van der Waals surface area contributed by atoms with Crippen LogP contribution in [-0.2, 0) is 0 Å². The predicted octanol–water partition coefficient (Wildman–Crippen LogP) is 3.39. The van der Waals surface area contributed by atoms with E-state index in [-0.39, 0.29) is 24.2 Å². The van der Waals surface area contributed by atoms with Crippen molar-refractivity contribution in [2.24, 2.45) is 5.92 Å². The molecule has 0 bridgehead atoms. The Balaban J connectivity index is 2.38. The van der Waals surface area contributed by atoms with E-state index < -0.39 is 0 Å². The van der Waals surface area contributed by atoms with Crippen molar-refractivity contribution >= 4 is 11.7 Å². The molecular formula is C17H28N2O3. The van der Waals surface area contributed by atoms with Gasteiger partial charge >= 0.3 is 6.03 Å². The largest absolute Gasteiger partial charge is 0.491 e. The van der Waals surface area contributed by atoms with Crippen LogP contribution in [0.3, 0.4) is 0 Å². The number of anilines is 1. The van der Waals surface area contributed by atoms with E-state index in [9.17, 15) is 9.90 Å². The average molecular weight is 308 g/mol. The molecule has 3 atom stereocenters. The average Bonchev–Trinajstić information content (AvgIpc) is 2.46. The number of carbonyl (C=O) groups excluding carboxylic acids is 1. The molecule has 3 N–H and O–H groups in total. The normalized spacial score (nSPS) is 14.8. The highest BCUT2D eigenvalue weighted by Crippen LogP contribution is 2.17. The molecule has 2 amide bonds. The van der Waals surface area contributed by atoms with Crippen LogP contribution in [0, 0.1) is 5.92 Å². The quantitative estimate of drug-likeness (QED) is 0.689. The number of benzene rings is 1. The van der Waals surface area contributed by atoms with Gasteiger partial charge in [-0.3, -0.25) is 0 Å². The molecule has 0 aromatic heterocycles. The lowest BCUT2D eigenvalue weighted by atomic mass is 10.1. The highest BCUT2D eigenvalue weighted by atomic mass is 16.5. The minimum absolute atomic E-state index is 0.178. The summed E-state index contributed by atoms with van der Waals surface area (Å²) in [6.07, 6.45) is 1.45. The number of carbonyl (C=O) groups is 1. The Morgan fingerprint density at radius 3 is 2.41 bits per heavy atom. The Hall–Kier alpha value is -1.75. The van der Waals surface area contributed by atoms with E-state index in [0.29, 0.717) is 13.0 Å². The molecule has 0 spiro atoms. The number of aliphatic hydroxyl groups is 1. The van der Waals surface area contributed by atoms with Crippen molar-refractivity contribution in [3.63, 3.8) is 0 Å². The maximum absolute atomic E-state index is 11.8. The van der Waals surface area contributed by atoms with Crippen molar-refractivity contribution in [3.05, 3.63) is 24.3 Å². The molecule has 124 valence electrons. The Morgan fingerprint density at radius 1 is 1.23 bits per heavy atom. The summed E-state index contributed by atoms with van der Waals surface area (Å²) in [6.45, 7) is 8.37. The zero-order chi connectivity index (χ0) is 16.5. The maximum atomic E-state index is 11.8. The zero-order valence-electron chi connectivity index (χ0n) is 13.9.